The summed E-state index contributed by atoms with van der Waals surface area (Å²) in [6, 6.07) is 1.16. The third-order valence-corrected chi connectivity index (χ3v) is 4.72. The minimum absolute atomic E-state index is 0.397. The normalized spacial score (nSPS) is 29.3. The van der Waals surface area contributed by atoms with Crippen molar-refractivity contribution in [2.75, 3.05) is 33.7 Å². The second-order valence-corrected chi connectivity index (χ2v) is 6.21. The van der Waals surface area contributed by atoms with Gasteiger partial charge >= 0.3 is 0 Å². The molecular weight excluding hydrogens is 210 g/mol. The molecule has 3 heteroatoms. The number of hydrogen-bond donors (Lipinski definition) is 1. The van der Waals surface area contributed by atoms with E-state index in [1.165, 1.54) is 51.6 Å². The summed E-state index contributed by atoms with van der Waals surface area (Å²) in [5.41, 5.74) is 6.33. The van der Waals surface area contributed by atoms with Gasteiger partial charge in [0.15, 0.2) is 0 Å². The van der Waals surface area contributed by atoms with Crippen LogP contribution < -0.4 is 5.73 Å². The minimum atomic E-state index is 0.397. The van der Waals surface area contributed by atoms with Gasteiger partial charge in [0.05, 0.1) is 0 Å². The maximum absolute atomic E-state index is 6.33. The van der Waals surface area contributed by atoms with Gasteiger partial charge < -0.3 is 15.5 Å². The SMILES string of the molecule is CN(CC(N)C1CCCC1)CC1CCCN1C. The Bertz CT molecular complexity index is 226. The second kappa shape index (κ2) is 6.17. The smallest absolute Gasteiger partial charge is 0.0220 e. The molecule has 0 radical (unpaired) electrons. The Balaban J connectivity index is 1.70. The van der Waals surface area contributed by atoms with Crippen LogP contribution in [0.5, 0.6) is 0 Å². The Morgan fingerprint density at radius 3 is 2.53 bits per heavy atom. The summed E-state index contributed by atoms with van der Waals surface area (Å²) in [5, 5.41) is 0. The summed E-state index contributed by atoms with van der Waals surface area (Å²) in [4.78, 5) is 4.95. The van der Waals surface area contributed by atoms with Gasteiger partial charge in [-0.05, 0) is 52.2 Å². The number of likely N-dealkylation sites (tertiary alicyclic amines) is 1. The van der Waals surface area contributed by atoms with Crippen LogP contribution in [0.1, 0.15) is 38.5 Å². The van der Waals surface area contributed by atoms with Gasteiger partial charge in [-0.1, -0.05) is 12.8 Å². The van der Waals surface area contributed by atoms with Crippen molar-refractivity contribution in [3.8, 4) is 0 Å². The molecule has 17 heavy (non-hydrogen) atoms. The highest BCUT2D eigenvalue weighted by molar-refractivity contribution is 4.83. The summed E-state index contributed by atoms with van der Waals surface area (Å²) >= 11 is 0. The van der Waals surface area contributed by atoms with Crippen molar-refractivity contribution in [1.82, 2.24) is 9.80 Å². The molecule has 0 aromatic carbocycles. The lowest BCUT2D eigenvalue weighted by molar-refractivity contribution is 0.200. The van der Waals surface area contributed by atoms with Crippen LogP contribution in [0.3, 0.4) is 0 Å². The first-order valence-corrected chi connectivity index (χ1v) is 7.31. The third kappa shape index (κ3) is 3.67. The minimum Gasteiger partial charge on any atom is -0.326 e. The first-order valence-electron chi connectivity index (χ1n) is 7.31. The zero-order valence-electron chi connectivity index (χ0n) is 11.6. The molecule has 2 atom stereocenters. The fraction of sp³-hybridized carbons (Fsp3) is 1.00. The zero-order chi connectivity index (χ0) is 12.3. The summed E-state index contributed by atoms with van der Waals surface area (Å²) in [5.74, 6) is 0.791. The van der Waals surface area contributed by atoms with Gasteiger partial charge in [0.25, 0.3) is 0 Å². The van der Waals surface area contributed by atoms with E-state index in [2.05, 4.69) is 23.9 Å². The number of rotatable bonds is 5. The Morgan fingerprint density at radius 1 is 1.24 bits per heavy atom. The molecule has 3 nitrogen and oxygen atoms in total. The van der Waals surface area contributed by atoms with E-state index in [4.69, 9.17) is 5.73 Å². The molecule has 2 aliphatic rings. The van der Waals surface area contributed by atoms with Crippen LogP contribution >= 0.6 is 0 Å². The summed E-state index contributed by atoms with van der Waals surface area (Å²) < 4.78 is 0. The average molecular weight is 239 g/mol. The van der Waals surface area contributed by atoms with Crippen molar-refractivity contribution in [2.24, 2.45) is 11.7 Å². The van der Waals surface area contributed by atoms with E-state index in [1.54, 1.807) is 0 Å². The van der Waals surface area contributed by atoms with Gasteiger partial charge in [-0.2, -0.15) is 0 Å². The zero-order valence-corrected chi connectivity index (χ0v) is 11.6. The van der Waals surface area contributed by atoms with Crippen LogP contribution in [0.25, 0.3) is 0 Å². The van der Waals surface area contributed by atoms with Gasteiger partial charge in [0.2, 0.25) is 0 Å². The molecule has 0 aromatic heterocycles. The molecule has 1 saturated heterocycles. The lowest BCUT2D eigenvalue weighted by atomic mass is 9.98. The molecule has 0 amide bonds. The molecule has 100 valence electrons. The van der Waals surface area contributed by atoms with Crippen LogP contribution in [0.15, 0.2) is 0 Å². The standard InChI is InChI=1S/C14H29N3/c1-16(10-13-8-5-9-17(13)2)11-14(15)12-6-3-4-7-12/h12-14H,3-11,15H2,1-2H3. The first kappa shape index (κ1) is 13.3. The first-order chi connectivity index (χ1) is 8.16. The molecule has 0 bridgehead atoms. The lowest BCUT2D eigenvalue weighted by Gasteiger charge is -2.29. The highest BCUT2D eigenvalue weighted by atomic mass is 15.2. The molecular formula is C14H29N3. The van der Waals surface area contributed by atoms with Crippen molar-refractivity contribution in [1.29, 1.82) is 0 Å². The van der Waals surface area contributed by atoms with Gasteiger partial charge in [-0.3, -0.25) is 0 Å². The van der Waals surface area contributed by atoms with E-state index in [-0.39, 0.29) is 0 Å². The van der Waals surface area contributed by atoms with Gasteiger partial charge in [0.1, 0.15) is 0 Å². The Labute approximate surface area is 106 Å². The largest absolute Gasteiger partial charge is 0.326 e. The van der Waals surface area contributed by atoms with E-state index in [0.717, 1.165) is 18.5 Å². The molecule has 2 rings (SSSR count). The summed E-state index contributed by atoms with van der Waals surface area (Å²) in [6.45, 7) is 3.54. The lowest BCUT2D eigenvalue weighted by Crippen LogP contribution is -2.44. The molecule has 0 aromatic rings. The van der Waals surface area contributed by atoms with E-state index >= 15 is 0 Å². The predicted octanol–water partition coefficient (Wildman–Crippen LogP) is 1.53. The molecule has 2 N–H and O–H groups in total. The van der Waals surface area contributed by atoms with Crippen LogP contribution in [0.4, 0.5) is 0 Å². The molecule has 1 saturated carbocycles. The average Bonchev–Trinajstić information content (AvgIpc) is 2.90. The number of nitrogens with zero attached hydrogens (tertiary/aromatic N) is 2. The summed E-state index contributed by atoms with van der Waals surface area (Å²) in [6.07, 6.45) is 8.24. The van der Waals surface area contributed by atoms with Crippen molar-refractivity contribution in [3.63, 3.8) is 0 Å². The molecule has 2 fully saturated rings. The maximum atomic E-state index is 6.33. The van der Waals surface area contributed by atoms with Crippen molar-refractivity contribution < 1.29 is 0 Å². The second-order valence-electron chi connectivity index (χ2n) is 6.21. The fourth-order valence-electron chi connectivity index (χ4n) is 3.54. The number of nitrogens with two attached hydrogens (primary N) is 1. The van der Waals surface area contributed by atoms with Crippen LogP contribution in [0, 0.1) is 5.92 Å². The molecule has 1 heterocycles. The maximum Gasteiger partial charge on any atom is 0.0220 e. The van der Waals surface area contributed by atoms with Crippen molar-refractivity contribution in [2.45, 2.75) is 50.6 Å². The molecule has 0 spiro atoms. The van der Waals surface area contributed by atoms with E-state index in [1.807, 2.05) is 0 Å². The van der Waals surface area contributed by atoms with Crippen LogP contribution in [-0.2, 0) is 0 Å². The number of hydrogen-bond acceptors (Lipinski definition) is 3. The van der Waals surface area contributed by atoms with E-state index in [0.29, 0.717) is 6.04 Å². The van der Waals surface area contributed by atoms with Crippen molar-refractivity contribution >= 4 is 0 Å². The topological polar surface area (TPSA) is 32.5 Å². The number of likely N-dealkylation sites (N-methyl/N-ethyl adjacent to an activating group) is 2. The highest BCUT2D eigenvalue weighted by Crippen LogP contribution is 2.27. The highest BCUT2D eigenvalue weighted by Gasteiger charge is 2.25. The third-order valence-electron chi connectivity index (χ3n) is 4.72. The quantitative estimate of drug-likeness (QED) is 0.790. The molecule has 1 aliphatic carbocycles. The van der Waals surface area contributed by atoms with Crippen molar-refractivity contribution in [3.05, 3.63) is 0 Å². The van der Waals surface area contributed by atoms with E-state index in [9.17, 15) is 0 Å². The van der Waals surface area contributed by atoms with Gasteiger partial charge in [-0.25, -0.2) is 0 Å². The molecule has 2 unspecified atom stereocenters. The fourth-order valence-corrected chi connectivity index (χ4v) is 3.54. The Kier molecular flexibility index (Phi) is 4.83. The van der Waals surface area contributed by atoms with Gasteiger partial charge in [0, 0.05) is 25.2 Å². The summed E-state index contributed by atoms with van der Waals surface area (Å²) in [7, 11) is 4.49. The predicted molar refractivity (Wildman–Crippen MR) is 73.1 cm³/mol. The monoisotopic (exact) mass is 239 g/mol. The Morgan fingerprint density at radius 2 is 1.94 bits per heavy atom. The van der Waals surface area contributed by atoms with Gasteiger partial charge in [-0.15, -0.1) is 0 Å². The Hall–Kier alpha value is -0.120. The van der Waals surface area contributed by atoms with E-state index < -0.39 is 0 Å². The van der Waals surface area contributed by atoms with Crippen LogP contribution in [0.2, 0.25) is 0 Å². The van der Waals surface area contributed by atoms with Crippen LogP contribution in [-0.4, -0.2) is 55.6 Å². The molecule has 1 aliphatic heterocycles.